The van der Waals surface area contributed by atoms with Gasteiger partial charge in [-0.1, -0.05) is 70.0 Å². The second kappa shape index (κ2) is 11.7. The minimum atomic E-state index is -0.799. The molecule has 43 heavy (non-hydrogen) atoms. The number of nitrogens with zero attached hydrogens (tertiary/aromatic N) is 3. The van der Waals surface area contributed by atoms with Gasteiger partial charge in [0.05, 0.1) is 26.7 Å². The number of benzene rings is 3. The number of hydrogen-bond donors (Lipinski definition) is 1. The highest BCUT2D eigenvalue weighted by Crippen LogP contribution is 2.54. The molecule has 1 aromatic heterocycles. The molecule has 2 unspecified atom stereocenters. The number of carbonyl (C=O) groups is 3. The zero-order valence-corrected chi connectivity index (χ0v) is 26.6. The third-order valence-corrected chi connectivity index (χ3v) is 11.0. The van der Waals surface area contributed by atoms with Gasteiger partial charge < -0.3 is 10.2 Å². The predicted octanol–water partition coefficient (Wildman–Crippen LogP) is 6.37. The van der Waals surface area contributed by atoms with Crippen LogP contribution < -0.4 is 20.0 Å². The van der Waals surface area contributed by atoms with Crippen LogP contribution in [0.4, 0.5) is 17.1 Å². The second-order valence-corrected chi connectivity index (χ2v) is 13.7. The Balaban J connectivity index is 1.40. The Morgan fingerprint density at radius 1 is 0.907 bits per heavy atom. The highest BCUT2D eigenvalue weighted by Gasteiger charge is 2.56. The topological polar surface area (TPSA) is 91.7 Å². The van der Waals surface area contributed by atoms with Crippen molar-refractivity contribution in [2.24, 2.45) is 5.92 Å². The molecule has 0 radical (unpaired) electrons. The Labute approximate surface area is 270 Å². The van der Waals surface area contributed by atoms with Crippen molar-refractivity contribution in [3.63, 3.8) is 0 Å². The molecule has 8 nitrogen and oxygen atoms in total. The highest BCUT2D eigenvalue weighted by molar-refractivity contribution is 8.00. The molecule has 220 valence electrons. The SMILES string of the molecule is CN(C)c1ccc([C@H]2c3sc(=O)n(CC(=O)Nc4ccc(Cl)c(Cl)c4)c3SC3C(=O)N(c4ccc(Cl)cc4)C(=O)C32)cc1. The van der Waals surface area contributed by atoms with Crippen molar-refractivity contribution in [2.45, 2.75) is 22.7 Å². The van der Waals surface area contributed by atoms with E-state index in [-0.39, 0.29) is 28.3 Å². The third kappa shape index (κ3) is 5.47. The molecule has 4 aromatic rings. The van der Waals surface area contributed by atoms with Gasteiger partial charge in [-0.25, -0.2) is 4.90 Å². The highest BCUT2D eigenvalue weighted by atomic mass is 35.5. The summed E-state index contributed by atoms with van der Waals surface area (Å²) in [6.07, 6.45) is 0. The van der Waals surface area contributed by atoms with E-state index in [1.54, 1.807) is 36.4 Å². The maximum atomic E-state index is 14.0. The smallest absolute Gasteiger partial charge is 0.308 e. The molecule has 1 fully saturated rings. The van der Waals surface area contributed by atoms with Gasteiger partial charge in [-0.2, -0.15) is 0 Å². The van der Waals surface area contributed by atoms with E-state index >= 15 is 0 Å². The van der Waals surface area contributed by atoms with E-state index in [0.29, 0.717) is 31.3 Å². The first-order valence-corrected chi connectivity index (χ1v) is 15.9. The molecule has 3 aromatic carbocycles. The molecule has 2 aliphatic rings. The molecule has 1 saturated heterocycles. The van der Waals surface area contributed by atoms with Crippen LogP contribution in [0.2, 0.25) is 15.1 Å². The van der Waals surface area contributed by atoms with Crippen LogP contribution in [0.3, 0.4) is 0 Å². The van der Waals surface area contributed by atoms with Crippen molar-refractivity contribution in [2.75, 3.05) is 29.2 Å². The summed E-state index contributed by atoms with van der Waals surface area (Å²) in [6.45, 7) is -0.287. The summed E-state index contributed by atoms with van der Waals surface area (Å²) in [7, 11) is 3.86. The number of rotatable bonds is 6. The lowest BCUT2D eigenvalue weighted by atomic mass is 9.83. The fourth-order valence-electron chi connectivity index (χ4n) is 5.36. The van der Waals surface area contributed by atoms with Crippen LogP contribution >= 0.6 is 57.9 Å². The number of thioether (sulfide) groups is 1. The minimum Gasteiger partial charge on any atom is -0.378 e. The fraction of sp³-hybridized carbons (Fsp3) is 0.200. The van der Waals surface area contributed by atoms with Crippen molar-refractivity contribution in [3.05, 3.63) is 102 Å². The Morgan fingerprint density at radius 3 is 2.26 bits per heavy atom. The van der Waals surface area contributed by atoms with E-state index in [1.165, 1.54) is 15.5 Å². The summed E-state index contributed by atoms with van der Waals surface area (Å²) in [4.78, 5) is 57.8. The first-order chi connectivity index (χ1) is 20.5. The van der Waals surface area contributed by atoms with Crippen LogP contribution in [0.15, 0.2) is 76.6 Å². The quantitative estimate of drug-likeness (QED) is 0.239. The Kier molecular flexibility index (Phi) is 8.08. The van der Waals surface area contributed by atoms with Crippen molar-refractivity contribution in [1.29, 1.82) is 0 Å². The van der Waals surface area contributed by atoms with E-state index in [0.717, 1.165) is 34.3 Å². The number of thiazole rings is 1. The molecule has 0 spiro atoms. The largest absolute Gasteiger partial charge is 0.378 e. The lowest BCUT2D eigenvalue weighted by Gasteiger charge is -2.31. The van der Waals surface area contributed by atoms with Gasteiger partial charge in [0.25, 0.3) is 0 Å². The maximum absolute atomic E-state index is 14.0. The van der Waals surface area contributed by atoms with Gasteiger partial charge in [0.15, 0.2) is 0 Å². The van der Waals surface area contributed by atoms with E-state index < -0.39 is 23.0 Å². The average Bonchev–Trinajstić information content (AvgIpc) is 3.41. The van der Waals surface area contributed by atoms with Gasteiger partial charge >= 0.3 is 4.87 Å². The lowest BCUT2D eigenvalue weighted by molar-refractivity contribution is -0.122. The average molecular weight is 674 g/mol. The van der Waals surface area contributed by atoms with Gasteiger partial charge in [0.1, 0.15) is 11.8 Å². The van der Waals surface area contributed by atoms with Gasteiger partial charge in [0, 0.05) is 41.3 Å². The first kappa shape index (κ1) is 29.8. The number of aromatic nitrogens is 1. The van der Waals surface area contributed by atoms with Crippen molar-refractivity contribution >= 4 is 92.7 Å². The normalized spacial score (nSPS) is 19.3. The molecule has 0 aliphatic carbocycles. The number of amides is 3. The Hall–Kier alpha value is -3.28. The second-order valence-electron chi connectivity index (χ2n) is 10.3. The van der Waals surface area contributed by atoms with Gasteiger partial charge in [0.2, 0.25) is 17.7 Å². The summed E-state index contributed by atoms with van der Waals surface area (Å²) in [5, 5.41) is 3.56. The van der Waals surface area contributed by atoms with Crippen molar-refractivity contribution in [3.8, 4) is 0 Å². The summed E-state index contributed by atoms with van der Waals surface area (Å²) >= 11 is 20.3. The monoisotopic (exact) mass is 672 g/mol. The van der Waals surface area contributed by atoms with Crippen molar-refractivity contribution in [1.82, 2.24) is 4.57 Å². The number of nitrogens with one attached hydrogen (secondary N) is 1. The maximum Gasteiger partial charge on any atom is 0.308 e. The standard InChI is InChI=1S/C30H23Cl3N4O4S2/c1-35(2)18-8-3-15(4-9-18)23-24-25(28(40)37(27(24)39)19-10-5-16(31)6-11-19)42-29-26(23)43-30(41)36(29)14-22(38)34-17-7-12-20(32)21(33)13-17/h3-13,23-25H,14H2,1-2H3,(H,34,38)/t23-,24?,25?/m1/s1. The minimum absolute atomic E-state index is 0.281. The molecule has 3 amide bonds. The molecule has 2 aliphatic heterocycles. The van der Waals surface area contributed by atoms with Crippen molar-refractivity contribution < 1.29 is 14.4 Å². The van der Waals surface area contributed by atoms with Crippen LogP contribution in [0.5, 0.6) is 0 Å². The molecule has 1 N–H and O–H groups in total. The summed E-state index contributed by atoms with van der Waals surface area (Å²) in [5.41, 5.74) is 2.62. The number of halogens is 3. The molecule has 0 bridgehead atoms. The predicted molar refractivity (Wildman–Crippen MR) is 173 cm³/mol. The first-order valence-electron chi connectivity index (χ1n) is 13.1. The molecular formula is C30H23Cl3N4O4S2. The third-order valence-electron chi connectivity index (χ3n) is 7.41. The number of anilines is 3. The van der Waals surface area contributed by atoms with Gasteiger partial charge in [-0.05, 0) is 60.2 Å². The zero-order chi connectivity index (χ0) is 30.6. The lowest BCUT2D eigenvalue weighted by Crippen LogP contribution is -2.33. The molecule has 6 rings (SSSR count). The molecule has 13 heteroatoms. The number of imide groups is 1. The van der Waals surface area contributed by atoms with Crippen LogP contribution in [-0.2, 0) is 20.9 Å². The molecular weight excluding hydrogens is 651 g/mol. The van der Waals surface area contributed by atoms with E-state index in [1.807, 2.05) is 43.3 Å². The summed E-state index contributed by atoms with van der Waals surface area (Å²) in [5.74, 6) is -2.49. The number of carbonyl (C=O) groups excluding carboxylic acids is 3. The molecule has 3 atom stereocenters. The summed E-state index contributed by atoms with van der Waals surface area (Å²) < 4.78 is 1.37. The van der Waals surface area contributed by atoms with Gasteiger partial charge in [-0.3, -0.25) is 23.7 Å². The van der Waals surface area contributed by atoms with Crippen LogP contribution in [-0.4, -0.2) is 41.6 Å². The number of hydrogen-bond acceptors (Lipinski definition) is 7. The van der Waals surface area contributed by atoms with Crippen LogP contribution in [0.25, 0.3) is 0 Å². The van der Waals surface area contributed by atoms with E-state index in [2.05, 4.69) is 5.32 Å². The van der Waals surface area contributed by atoms with Gasteiger partial charge in [-0.15, -0.1) is 0 Å². The van der Waals surface area contributed by atoms with E-state index in [4.69, 9.17) is 34.8 Å². The zero-order valence-electron chi connectivity index (χ0n) is 22.7. The summed E-state index contributed by atoms with van der Waals surface area (Å²) in [6, 6.07) is 19.0. The van der Waals surface area contributed by atoms with Crippen LogP contribution in [0.1, 0.15) is 16.4 Å². The van der Waals surface area contributed by atoms with Crippen LogP contribution in [0, 0.1) is 5.92 Å². The Morgan fingerprint density at radius 2 is 1.60 bits per heavy atom. The number of fused-ring (bicyclic) bond motifs is 2. The molecule has 3 heterocycles. The molecule has 0 saturated carbocycles. The Bertz CT molecular complexity index is 1820. The fourth-order valence-corrected chi connectivity index (χ4v) is 8.55. The van der Waals surface area contributed by atoms with E-state index in [9.17, 15) is 19.2 Å².